The van der Waals surface area contributed by atoms with Gasteiger partial charge in [-0.15, -0.1) is 0 Å². The van der Waals surface area contributed by atoms with Crippen molar-refractivity contribution in [2.24, 2.45) is 0 Å². The SMILES string of the molecule is CC1CN(C(=O)c2ccc(O)cc2O)CC(CO)O1. The Bertz CT molecular complexity index is 476. The lowest BCUT2D eigenvalue weighted by atomic mass is 10.1. The molecule has 2 atom stereocenters. The van der Waals surface area contributed by atoms with Gasteiger partial charge in [0.25, 0.3) is 5.91 Å². The molecule has 0 aromatic heterocycles. The molecule has 19 heavy (non-hydrogen) atoms. The number of aliphatic hydroxyl groups excluding tert-OH is 1. The largest absolute Gasteiger partial charge is 0.508 e. The van der Waals surface area contributed by atoms with E-state index in [-0.39, 0.29) is 42.2 Å². The fourth-order valence-electron chi connectivity index (χ4n) is 2.18. The fraction of sp³-hybridized carbons (Fsp3) is 0.462. The molecular weight excluding hydrogens is 250 g/mol. The molecule has 1 heterocycles. The van der Waals surface area contributed by atoms with Gasteiger partial charge in [-0.3, -0.25) is 4.79 Å². The maximum atomic E-state index is 12.3. The molecule has 2 unspecified atom stereocenters. The first kappa shape index (κ1) is 13.6. The molecule has 2 rings (SSSR count). The highest BCUT2D eigenvalue weighted by Crippen LogP contribution is 2.25. The van der Waals surface area contributed by atoms with Crippen LogP contribution in [0.25, 0.3) is 0 Å². The Kier molecular flexibility index (Phi) is 3.92. The van der Waals surface area contributed by atoms with E-state index in [4.69, 9.17) is 9.84 Å². The Balaban J connectivity index is 2.18. The van der Waals surface area contributed by atoms with E-state index in [0.29, 0.717) is 6.54 Å². The maximum Gasteiger partial charge on any atom is 0.257 e. The van der Waals surface area contributed by atoms with Crippen LogP contribution in [0.1, 0.15) is 17.3 Å². The van der Waals surface area contributed by atoms with E-state index in [1.165, 1.54) is 17.0 Å². The summed E-state index contributed by atoms with van der Waals surface area (Å²) in [6, 6.07) is 3.85. The van der Waals surface area contributed by atoms with Crippen LogP contribution in [0.15, 0.2) is 18.2 Å². The summed E-state index contributed by atoms with van der Waals surface area (Å²) in [6.45, 7) is 2.34. The van der Waals surface area contributed by atoms with Crippen molar-refractivity contribution in [2.45, 2.75) is 19.1 Å². The Morgan fingerprint density at radius 3 is 2.79 bits per heavy atom. The van der Waals surface area contributed by atoms with Crippen molar-refractivity contribution in [3.05, 3.63) is 23.8 Å². The third-order valence-electron chi connectivity index (χ3n) is 3.03. The monoisotopic (exact) mass is 267 g/mol. The maximum absolute atomic E-state index is 12.3. The molecule has 0 bridgehead atoms. The highest BCUT2D eigenvalue weighted by molar-refractivity contribution is 5.97. The van der Waals surface area contributed by atoms with Crippen molar-refractivity contribution in [3.8, 4) is 11.5 Å². The highest BCUT2D eigenvalue weighted by atomic mass is 16.5. The third-order valence-corrected chi connectivity index (χ3v) is 3.03. The second kappa shape index (κ2) is 5.46. The number of phenols is 2. The van der Waals surface area contributed by atoms with E-state index in [1.807, 2.05) is 6.92 Å². The molecule has 1 aromatic carbocycles. The Labute approximate surface area is 110 Å². The average Bonchev–Trinajstić information content (AvgIpc) is 2.37. The normalized spacial score (nSPS) is 23.4. The van der Waals surface area contributed by atoms with Gasteiger partial charge >= 0.3 is 0 Å². The van der Waals surface area contributed by atoms with Gasteiger partial charge in [0, 0.05) is 19.2 Å². The second-order valence-electron chi connectivity index (χ2n) is 4.66. The molecule has 0 saturated carbocycles. The van der Waals surface area contributed by atoms with E-state index in [1.54, 1.807) is 0 Å². The van der Waals surface area contributed by atoms with E-state index in [2.05, 4.69) is 0 Å². The van der Waals surface area contributed by atoms with Crippen LogP contribution < -0.4 is 0 Å². The Morgan fingerprint density at radius 1 is 1.42 bits per heavy atom. The number of ether oxygens (including phenoxy) is 1. The number of phenolic OH excluding ortho intramolecular Hbond substituents is 2. The molecule has 1 aliphatic rings. The van der Waals surface area contributed by atoms with Crippen LogP contribution >= 0.6 is 0 Å². The van der Waals surface area contributed by atoms with Gasteiger partial charge in [-0.05, 0) is 19.1 Å². The lowest BCUT2D eigenvalue weighted by Crippen LogP contribution is -2.50. The molecule has 104 valence electrons. The first-order valence-electron chi connectivity index (χ1n) is 6.09. The van der Waals surface area contributed by atoms with Crippen LogP contribution in [0, 0.1) is 0 Å². The van der Waals surface area contributed by atoms with Crippen LogP contribution in [-0.4, -0.2) is 58.0 Å². The van der Waals surface area contributed by atoms with Crippen molar-refractivity contribution in [1.29, 1.82) is 0 Å². The van der Waals surface area contributed by atoms with E-state index in [9.17, 15) is 15.0 Å². The molecule has 1 saturated heterocycles. The van der Waals surface area contributed by atoms with Gasteiger partial charge in [0.1, 0.15) is 11.5 Å². The topological polar surface area (TPSA) is 90.2 Å². The number of carbonyl (C=O) groups is 1. The minimum Gasteiger partial charge on any atom is -0.508 e. The Morgan fingerprint density at radius 2 is 2.16 bits per heavy atom. The van der Waals surface area contributed by atoms with Gasteiger partial charge < -0.3 is 25.0 Å². The van der Waals surface area contributed by atoms with E-state index < -0.39 is 6.10 Å². The number of benzene rings is 1. The molecule has 6 nitrogen and oxygen atoms in total. The number of hydrogen-bond donors (Lipinski definition) is 3. The first-order valence-corrected chi connectivity index (χ1v) is 6.09. The number of nitrogens with zero attached hydrogens (tertiary/aromatic N) is 1. The van der Waals surface area contributed by atoms with Crippen LogP contribution in [0.5, 0.6) is 11.5 Å². The summed E-state index contributed by atoms with van der Waals surface area (Å²) < 4.78 is 5.45. The van der Waals surface area contributed by atoms with Crippen LogP contribution in [0.4, 0.5) is 0 Å². The number of aromatic hydroxyl groups is 2. The molecule has 6 heteroatoms. The zero-order valence-electron chi connectivity index (χ0n) is 10.6. The quantitative estimate of drug-likeness (QED) is 0.718. The predicted molar refractivity (Wildman–Crippen MR) is 67.1 cm³/mol. The average molecular weight is 267 g/mol. The van der Waals surface area contributed by atoms with Crippen molar-refractivity contribution >= 4 is 5.91 Å². The Hall–Kier alpha value is -1.79. The molecule has 1 amide bonds. The minimum atomic E-state index is -0.410. The van der Waals surface area contributed by atoms with Crippen LogP contribution in [0.3, 0.4) is 0 Å². The number of rotatable bonds is 2. The summed E-state index contributed by atoms with van der Waals surface area (Å²) in [4.78, 5) is 13.8. The lowest BCUT2D eigenvalue weighted by molar-refractivity contribution is -0.0859. The zero-order valence-corrected chi connectivity index (χ0v) is 10.6. The summed E-state index contributed by atoms with van der Waals surface area (Å²) in [5, 5.41) is 28.0. The first-order chi connectivity index (χ1) is 9.01. The highest BCUT2D eigenvalue weighted by Gasteiger charge is 2.29. The van der Waals surface area contributed by atoms with E-state index >= 15 is 0 Å². The third kappa shape index (κ3) is 2.97. The summed E-state index contributed by atoms with van der Waals surface area (Å²) in [5.41, 5.74) is 0.128. The summed E-state index contributed by atoms with van der Waals surface area (Å²) in [7, 11) is 0. The van der Waals surface area contributed by atoms with Gasteiger partial charge in [-0.25, -0.2) is 0 Å². The smallest absolute Gasteiger partial charge is 0.257 e. The summed E-state index contributed by atoms with van der Waals surface area (Å²) >= 11 is 0. The molecule has 3 N–H and O–H groups in total. The van der Waals surface area contributed by atoms with Gasteiger partial charge in [0.2, 0.25) is 0 Å². The standard InChI is InChI=1S/C13H17NO5/c1-8-5-14(6-10(7-15)19-8)13(18)11-3-2-9(16)4-12(11)17/h2-4,8,10,15-17H,5-7H2,1H3. The molecule has 1 fully saturated rings. The van der Waals surface area contributed by atoms with Crippen LogP contribution in [-0.2, 0) is 4.74 Å². The van der Waals surface area contributed by atoms with Crippen molar-refractivity contribution in [3.63, 3.8) is 0 Å². The van der Waals surface area contributed by atoms with Crippen LogP contribution in [0.2, 0.25) is 0 Å². The van der Waals surface area contributed by atoms with Gasteiger partial charge in [-0.1, -0.05) is 0 Å². The number of morpholine rings is 1. The number of amides is 1. The fourth-order valence-corrected chi connectivity index (χ4v) is 2.18. The van der Waals surface area contributed by atoms with Crippen molar-refractivity contribution in [1.82, 2.24) is 4.90 Å². The number of hydrogen-bond acceptors (Lipinski definition) is 5. The molecule has 0 aliphatic carbocycles. The van der Waals surface area contributed by atoms with Crippen molar-refractivity contribution in [2.75, 3.05) is 19.7 Å². The number of carbonyl (C=O) groups excluding carboxylic acids is 1. The second-order valence-corrected chi connectivity index (χ2v) is 4.66. The summed E-state index contributed by atoms with van der Waals surface area (Å²) in [5.74, 6) is -0.701. The van der Waals surface area contributed by atoms with Gasteiger partial charge in [0.15, 0.2) is 0 Å². The molecular formula is C13H17NO5. The number of aliphatic hydroxyl groups is 1. The molecule has 0 spiro atoms. The molecule has 1 aliphatic heterocycles. The van der Waals surface area contributed by atoms with Crippen molar-refractivity contribution < 1.29 is 24.9 Å². The molecule has 0 radical (unpaired) electrons. The summed E-state index contributed by atoms with van der Waals surface area (Å²) in [6.07, 6.45) is -0.582. The minimum absolute atomic E-state index is 0.0994. The van der Waals surface area contributed by atoms with E-state index in [0.717, 1.165) is 6.07 Å². The van der Waals surface area contributed by atoms with Gasteiger partial charge in [0.05, 0.1) is 24.4 Å². The lowest BCUT2D eigenvalue weighted by Gasteiger charge is -2.36. The predicted octanol–water partition coefficient (Wildman–Crippen LogP) is 0.320. The molecule has 1 aromatic rings. The zero-order chi connectivity index (χ0) is 14.0. The van der Waals surface area contributed by atoms with Gasteiger partial charge in [-0.2, -0.15) is 0 Å².